The van der Waals surface area contributed by atoms with Gasteiger partial charge in [-0.3, -0.25) is 19.5 Å². The zero-order valence-electron chi connectivity index (χ0n) is 21.4. The van der Waals surface area contributed by atoms with Crippen molar-refractivity contribution in [3.05, 3.63) is 93.5 Å². The number of aromatic hydroxyl groups is 1. The molecule has 2 fully saturated rings. The highest BCUT2D eigenvalue weighted by Crippen LogP contribution is 2.50. The SMILES string of the molecule is O=C1[C@@H]2[C@@H](CC(CO)=C3[C@@H](CC/C(=C/c4ccc(O)cc4)c4ccccn4)OC[C@@H]32)C(=O)N1Cc1cccs1. The molecule has 6 rings (SSSR count). The Hall–Kier alpha value is -3.59. The lowest BCUT2D eigenvalue weighted by Gasteiger charge is -2.31. The van der Waals surface area contributed by atoms with Gasteiger partial charge in [-0.1, -0.05) is 24.3 Å². The van der Waals surface area contributed by atoms with E-state index in [9.17, 15) is 19.8 Å². The Kier molecular flexibility index (Phi) is 7.16. The molecule has 0 spiro atoms. The highest BCUT2D eigenvalue weighted by Gasteiger charge is 2.56. The van der Waals surface area contributed by atoms with Crippen molar-refractivity contribution in [3.63, 3.8) is 0 Å². The molecule has 0 unspecified atom stereocenters. The zero-order chi connectivity index (χ0) is 26.9. The molecule has 2 N–H and O–H groups in total. The van der Waals surface area contributed by atoms with Crippen LogP contribution >= 0.6 is 11.3 Å². The molecule has 4 atom stereocenters. The average molecular weight is 543 g/mol. The number of rotatable bonds is 8. The molecule has 4 heterocycles. The monoisotopic (exact) mass is 542 g/mol. The minimum absolute atomic E-state index is 0.122. The van der Waals surface area contributed by atoms with E-state index in [2.05, 4.69) is 11.1 Å². The van der Waals surface area contributed by atoms with Gasteiger partial charge in [-0.15, -0.1) is 11.3 Å². The standard InChI is InChI=1S/C31H30N2O5S/c34-17-21-15-24-29(31(37)33(30(24)36)16-23-4-3-13-39-23)25-18-38-27(28(21)25)11-8-20(26-5-1-2-12-32-26)14-19-6-9-22(35)10-7-19/h1-7,9-10,12-14,24-25,27,29,34-35H,8,11,15-18H2/b20-14-/t24-,25+,27-,29-/m1/s1. The minimum Gasteiger partial charge on any atom is -0.508 e. The average Bonchev–Trinajstić information content (AvgIpc) is 3.68. The van der Waals surface area contributed by atoms with E-state index >= 15 is 0 Å². The molecule has 2 saturated heterocycles. The highest BCUT2D eigenvalue weighted by molar-refractivity contribution is 7.09. The Labute approximate surface area is 231 Å². The number of ether oxygens (including phenoxy) is 1. The molecule has 0 bridgehead atoms. The number of phenols is 1. The van der Waals surface area contributed by atoms with Crippen LogP contribution in [-0.2, 0) is 20.9 Å². The van der Waals surface area contributed by atoms with Gasteiger partial charge < -0.3 is 14.9 Å². The van der Waals surface area contributed by atoms with Gasteiger partial charge in [0.05, 0.1) is 43.4 Å². The van der Waals surface area contributed by atoms with Crippen molar-refractivity contribution in [1.82, 2.24) is 9.88 Å². The number of nitrogens with zero attached hydrogens (tertiary/aromatic N) is 2. The molecule has 200 valence electrons. The minimum atomic E-state index is -0.436. The number of imide groups is 1. The van der Waals surface area contributed by atoms with Gasteiger partial charge in [0, 0.05) is 17.0 Å². The van der Waals surface area contributed by atoms with Crippen molar-refractivity contribution in [2.45, 2.75) is 31.9 Å². The molecule has 1 aliphatic carbocycles. The summed E-state index contributed by atoms with van der Waals surface area (Å²) in [5, 5.41) is 21.9. The predicted octanol–water partition coefficient (Wildman–Crippen LogP) is 4.68. The third-order valence-corrected chi connectivity index (χ3v) is 8.95. The van der Waals surface area contributed by atoms with Crippen molar-refractivity contribution in [1.29, 1.82) is 0 Å². The van der Waals surface area contributed by atoms with Crippen LogP contribution in [0.2, 0.25) is 0 Å². The fourth-order valence-electron chi connectivity index (χ4n) is 6.28. The first-order chi connectivity index (χ1) is 19.0. The molecule has 1 aromatic carbocycles. The van der Waals surface area contributed by atoms with Gasteiger partial charge in [-0.2, -0.15) is 0 Å². The van der Waals surface area contributed by atoms with Gasteiger partial charge >= 0.3 is 0 Å². The molecule has 0 radical (unpaired) electrons. The second-order valence-electron chi connectivity index (χ2n) is 10.3. The van der Waals surface area contributed by atoms with Crippen LogP contribution in [0.1, 0.15) is 35.4 Å². The van der Waals surface area contributed by atoms with Crippen LogP contribution in [0.15, 0.2) is 77.3 Å². The summed E-state index contributed by atoms with van der Waals surface area (Å²) in [5.41, 5.74) is 4.69. The van der Waals surface area contributed by atoms with E-state index < -0.39 is 11.8 Å². The largest absolute Gasteiger partial charge is 0.508 e. The second kappa shape index (κ2) is 10.9. The first kappa shape index (κ1) is 25.7. The number of aliphatic hydroxyl groups is 1. The van der Waals surface area contributed by atoms with Gasteiger partial charge in [0.25, 0.3) is 0 Å². The predicted molar refractivity (Wildman–Crippen MR) is 148 cm³/mol. The Bertz CT molecular complexity index is 1410. The lowest BCUT2D eigenvalue weighted by Crippen LogP contribution is -2.34. The molecule has 2 amide bonds. The van der Waals surface area contributed by atoms with Gasteiger partial charge in [0.1, 0.15) is 5.75 Å². The van der Waals surface area contributed by atoms with Crippen molar-refractivity contribution >= 4 is 34.8 Å². The lowest BCUT2D eigenvalue weighted by molar-refractivity contribution is -0.140. The van der Waals surface area contributed by atoms with Crippen LogP contribution in [0.25, 0.3) is 11.6 Å². The first-order valence-electron chi connectivity index (χ1n) is 13.3. The van der Waals surface area contributed by atoms with Crippen LogP contribution in [0.3, 0.4) is 0 Å². The molecule has 3 aliphatic rings. The van der Waals surface area contributed by atoms with Gasteiger partial charge in [0.15, 0.2) is 0 Å². The van der Waals surface area contributed by atoms with E-state index in [-0.39, 0.29) is 36.2 Å². The summed E-state index contributed by atoms with van der Waals surface area (Å²) in [4.78, 5) is 33.8. The van der Waals surface area contributed by atoms with Crippen LogP contribution in [0.5, 0.6) is 5.75 Å². The number of likely N-dealkylation sites (tertiary alicyclic amines) is 1. The molecule has 0 saturated carbocycles. The first-order valence-corrected chi connectivity index (χ1v) is 14.1. The Morgan fingerprint density at radius 3 is 2.64 bits per heavy atom. The number of allylic oxidation sites excluding steroid dienone is 1. The number of hydrogen-bond acceptors (Lipinski definition) is 7. The molecule has 7 nitrogen and oxygen atoms in total. The van der Waals surface area contributed by atoms with Crippen molar-refractivity contribution in [3.8, 4) is 5.75 Å². The normalized spacial score (nSPS) is 24.8. The van der Waals surface area contributed by atoms with E-state index in [1.54, 1.807) is 18.3 Å². The molecule has 3 aromatic rings. The van der Waals surface area contributed by atoms with Crippen molar-refractivity contribution in [2.24, 2.45) is 17.8 Å². The fraction of sp³-hybridized carbons (Fsp3) is 0.323. The van der Waals surface area contributed by atoms with Gasteiger partial charge in [0.2, 0.25) is 11.8 Å². The van der Waals surface area contributed by atoms with E-state index in [4.69, 9.17) is 4.74 Å². The maximum Gasteiger partial charge on any atom is 0.234 e. The summed E-state index contributed by atoms with van der Waals surface area (Å²) in [5.74, 6) is -1.11. The maximum atomic E-state index is 13.5. The quantitative estimate of drug-likeness (QED) is 0.317. The number of thiophene rings is 1. The summed E-state index contributed by atoms with van der Waals surface area (Å²) in [6.07, 6.45) is 5.32. The molecular formula is C31H30N2O5S. The molecule has 2 aliphatic heterocycles. The Morgan fingerprint density at radius 1 is 1.08 bits per heavy atom. The van der Waals surface area contributed by atoms with Gasteiger partial charge in [-0.25, -0.2) is 0 Å². The summed E-state index contributed by atoms with van der Waals surface area (Å²) in [6.45, 7) is 0.535. The molecular weight excluding hydrogens is 512 g/mol. The summed E-state index contributed by atoms with van der Waals surface area (Å²) in [6, 6.07) is 16.7. The number of fused-ring (bicyclic) bond motifs is 3. The number of amides is 2. The number of aliphatic hydroxyl groups excluding tert-OH is 1. The maximum absolute atomic E-state index is 13.5. The van der Waals surface area contributed by atoms with Crippen molar-refractivity contribution in [2.75, 3.05) is 13.2 Å². The lowest BCUT2D eigenvalue weighted by atomic mass is 9.69. The molecule has 39 heavy (non-hydrogen) atoms. The van der Waals surface area contributed by atoms with E-state index in [0.717, 1.165) is 32.9 Å². The number of carbonyl (C=O) groups is 2. The van der Waals surface area contributed by atoms with E-state index in [0.29, 0.717) is 32.4 Å². The Balaban J connectivity index is 1.24. The Morgan fingerprint density at radius 2 is 1.92 bits per heavy atom. The number of pyridine rings is 1. The van der Waals surface area contributed by atoms with Crippen molar-refractivity contribution < 1.29 is 24.5 Å². The summed E-state index contributed by atoms with van der Waals surface area (Å²) >= 11 is 1.54. The number of hydrogen-bond donors (Lipinski definition) is 2. The fourth-order valence-corrected chi connectivity index (χ4v) is 6.98. The number of carbonyl (C=O) groups excluding carboxylic acids is 2. The number of phenolic OH excluding ortho intramolecular Hbond substituents is 1. The summed E-state index contributed by atoms with van der Waals surface area (Å²) < 4.78 is 6.29. The number of benzene rings is 1. The van der Waals surface area contributed by atoms with Crippen LogP contribution in [-0.4, -0.2) is 51.2 Å². The third kappa shape index (κ3) is 4.95. The topological polar surface area (TPSA) is 100.0 Å². The second-order valence-corrected chi connectivity index (χ2v) is 11.4. The van der Waals surface area contributed by atoms with E-state index in [1.165, 1.54) is 16.2 Å². The van der Waals surface area contributed by atoms with E-state index in [1.807, 2.05) is 47.8 Å². The number of aromatic nitrogens is 1. The molecule has 8 heteroatoms. The summed E-state index contributed by atoms with van der Waals surface area (Å²) in [7, 11) is 0. The third-order valence-electron chi connectivity index (χ3n) is 8.09. The smallest absolute Gasteiger partial charge is 0.234 e. The van der Waals surface area contributed by atoms with Crippen LogP contribution < -0.4 is 0 Å². The zero-order valence-corrected chi connectivity index (χ0v) is 22.2. The van der Waals surface area contributed by atoms with Gasteiger partial charge in [-0.05, 0) is 83.3 Å². The van der Waals surface area contributed by atoms with Crippen LogP contribution in [0.4, 0.5) is 0 Å². The highest BCUT2D eigenvalue weighted by atomic mass is 32.1. The molecule has 2 aromatic heterocycles. The van der Waals surface area contributed by atoms with Crippen LogP contribution in [0, 0.1) is 17.8 Å².